The molecule has 0 atom stereocenters. The SMILES string of the molecule is CC(C)(C)c1cccc(-c2ccccc2)c1C(C)(C)C.I. The smallest absolute Gasteiger partial charge is 0.0123 e. The van der Waals surface area contributed by atoms with Gasteiger partial charge in [-0.1, -0.05) is 90.1 Å². The van der Waals surface area contributed by atoms with Crippen molar-refractivity contribution < 1.29 is 0 Å². The summed E-state index contributed by atoms with van der Waals surface area (Å²) < 4.78 is 0. The Bertz CT molecular complexity index is 583. The minimum absolute atomic E-state index is 0. The van der Waals surface area contributed by atoms with Crippen molar-refractivity contribution in [3.05, 3.63) is 59.7 Å². The summed E-state index contributed by atoms with van der Waals surface area (Å²) in [5.41, 5.74) is 5.89. The molecule has 0 saturated heterocycles. The normalized spacial score (nSPS) is 11.9. The Hall–Kier alpha value is -0.830. The predicted molar refractivity (Wildman–Crippen MR) is 105 cm³/mol. The molecule has 0 fully saturated rings. The second-order valence-corrected chi connectivity index (χ2v) is 7.59. The first-order valence-corrected chi connectivity index (χ1v) is 7.40. The molecule has 0 amide bonds. The molecule has 2 rings (SSSR count). The minimum atomic E-state index is 0. The van der Waals surface area contributed by atoms with E-state index in [1.54, 1.807) is 0 Å². The molecule has 0 saturated carbocycles. The molecule has 0 heterocycles. The van der Waals surface area contributed by atoms with E-state index < -0.39 is 0 Å². The van der Waals surface area contributed by atoms with Crippen molar-refractivity contribution in [1.82, 2.24) is 0 Å². The molecule has 2 aromatic carbocycles. The fraction of sp³-hybridized carbons (Fsp3) is 0.400. The highest BCUT2D eigenvalue weighted by atomic mass is 127. The van der Waals surface area contributed by atoms with Crippen LogP contribution in [0, 0.1) is 0 Å². The van der Waals surface area contributed by atoms with Gasteiger partial charge in [-0.15, -0.1) is 24.0 Å². The molecule has 0 radical (unpaired) electrons. The van der Waals surface area contributed by atoms with Gasteiger partial charge in [0.05, 0.1) is 0 Å². The molecule has 114 valence electrons. The molecular formula is C20H27I. The van der Waals surface area contributed by atoms with E-state index in [9.17, 15) is 0 Å². The summed E-state index contributed by atoms with van der Waals surface area (Å²) in [7, 11) is 0. The molecule has 2 aromatic rings. The molecule has 21 heavy (non-hydrogen) atoms. The van der Waals surface area contributed by atoms with Crippen molar-refractivity contribution in [3.8, 4) is 11.1 Å². The van der Waals surface area contributed by atoms with E-state index in [1.807, 2.05) is 0 Å². The van der Waals surface area contributed by atoms with E-state index >= 15 is 0 Å². The van der Waals surface area contributed by atoms with Gasteiger partial charge >= 0.3 is 0 Å². The van der Waals surface area contributed by atoms with Gasteiger partial charge in [0.2, 0.25) is 0 Å². The monoisotopic (exact) mass is 394 g/mol. The first kappa shape index (κ1) is 18.2. The van der Waals surface area contributed by atoms with Crippen molar-refractivity contribution in [2.24, 2.45) is 0 Å². The minimum Gasteiger partial charge on any atom is -0.107 e. The average molecular weight is 394 g/mol. The molecule has 0 aromatic heterocycles. The van der Waals surface area contributed by atoms with E-state index in [0.717, 1.165) is 0 Å². The van der Waals surface area contributed by atoms with Crippen LogP contribution in [-0.2, 0) is 10.8 Å². The Kier molecular flexibility index (Phi) is 5.65. The van der Waals surface area contributed by atoms with Gasteiger partial charge in [0, 0.05) is 0 Å². The molecule has 0 aliphatic carbocycles. The fourth-order valence-electron chi connectivity index (χ4n) is 2.84. The first-order valence-electron chi connectivity index (χ1n) is 7.40. The van der Waals surface area contributed by atoms with Crippen molar-refractivity contribution in [2.75, 3.05) is 0 Å². The lowest BCUT2D eigenvalue weighted by atomic mass is 9.72. The average Bonchev–Trinajstić information content (AvgIpc) is 2.37. The largest absolute Gasteiger partial charge is 0.107 e. The molecule has 0 nitrogen and oxygen atoms in total. The van der Waals surface area contributed by atoms with Crippen molar-refractivity contribution >= 4 is 24.0 Å². The van der Waals surface area contributed by atoms with Crippen LogP contribution in [-0.4, -0.2) is 0 Å². The second-order valence-electron chi connectivity index (χ2n) is 7.59. The zero-order valence-electron chi connectivity index (χ0n) is 14.0. The lowest BCUT2D eigenvalue weighted by molar-refractivity contribution is 0.531. The van der Waals surface area contributed by atoms with Crippen LogP contribution in [0.15, 0.2) is 48.5 Å². The summed E-state index contributed by atoms with van der Waals surface area (Å²) in [5, 5.41) is 0. The van der Waals surface area contributed by atoms with Gasteiger partial charge in [-0.05, 0) is 33.1 Å². The van der Waals surface area contributed by atoms with Crippen LogP contribution in [0.5, 0.6) is 0 Å². The Morgan fingerprint density at radius 2 is 1.19 bits per heavy atom. The van der Waals surface area contributed by atoms with Gasteiger partial charge in [-0.2, -0.15) is 0 Å². The van der Waals surface area contributed by atoms with Crippen molar-refractivity contribution in [1.29, 1.82) is 0 Å². The number of benzene rings is 2. The van der Waals surface area contributed by atoms with E-state index in [1.165, 1.54) is 22.3 Å². The summed E-state index contributed by atoms with van der Waals surface area (Å²) in [4.78, 5) is 0. The summed E-state index contributed by atoms with van der Waals surface area (Å²) in [6.45, 7) is 13.8. The fourth-order valence-corrected chi connectivity index (χ4v) is 2.84. The Balaban J connectivity index is 0.00000220. The molecule has 1 heteroatoms. The van der Waals surface area contributed by atoms with Gasteiger partial charge in [-0.3, -0.25) is 0 Å². The van der Waals surface area contributed by atoms with Crippen LogP contribution in [0.25, 0.3) is 11.1 Å². The molecule has 0 aliphatic rings. The standard InChI is InChI=1S/C20H26.HI/c1-19(2,3)17-14-10-13-16(18(17)20(4,5)6)15-11-8-7-9-12-15;/h7-14H,1-6H3;1H. The third kappa shape index (κ3) is 4.09. The third-order valence-electron chi connectivity index (χ3n) is 3.71. The predicted octanol–water partition coefficient (Wildman–Crippen LogP) is 6.57. The zero-order valence-corrected chi connectivity index (χ0v) is 16.4. The summed E-state index contributed by atoms with van der Waals surface area (Å²) in [5.74, 6) is 0. The Morgan fingerprint density at radius 3 is 1.67 bits per heavy atom. The molecule has 0 spiro atoms. The highest BCUT2D eigenvalue weighted by Gasteiger charge is 2.27. The Labute approximate surface area is 147 Å². The maximum absolute atomic E-state index is 2.31. The van der Waals surface area contributed by atoms with Crippen LogP contribution in [0.3, 0.4) is 0 Å². The molecule has 0 unspecified atom stereocenters. The van der Waals surface area contributed by atoms with Crippen LogP contribution < -0.4 is 0 Å². The first-order chi connectivity index (χ1) is 9.21. The number of hydrogen-bond donors (Lipinski definition) is 0. The van der Waals surface area contributed by atoms with E-state index in [-0.39, 0.29) is 34.8 Å². The third-order valence-corrected chi connectivity index (χ3v) is 3.71. The van der Waals surface area contributed by atoms with Gasteiger partial charge in [-0.25, -0.2) is 0 Å². The van der Waals surface area contributed by atoms with Crippen molar-refractivity contribution in [2.45, 2.75) is 52.4 Å². The number of rotatable bonds is 1. The lowest BCUT2D eigenvalue weighted by Crippen LogP contribution is -2.22. The Morgan fingerprint density at radius 1 is 0.619 bits per heavy atom. The summed E-state index contributed by atoms with van der Waals surface area (Å²) in [6, 6.07) is 17.5. The highest BCUT2D eigenvalue weighted by molar-refractivity contribution is 14.0. The van der Waals surface area contributed by atoms with E-state index in [2.05, 4.69) is 90.1 Å². The lowest BCUT2D eigenvalue weighted by Gasteiger charge is -2.32. The molecule has 0 aliphatic heterocycles. The molecule has 0 N–H and O–H groups in total. The summed E-state index contributed by atoms with van der Waals surface area (Å²) >= 11 is 0. The van der Waals surface area contributed by atoms with Crippen molar-refractivity contribution in [3.63, 3.8) is 0 Å². The van der Waals surface area contributed by atoms with Crippen LogP contribution in [0.1, 0.15) is 52.7 Å². The van der Waals surface area contributed by atoms with Crippen LogP contribution in [0.4, 0.5) is 0 Å². The topological polar surface area (TPSA) is 0 Å². The van der Waals surface area contributed by atoms with Crippen LogP contribution >= 0.6 is 24.0 Å². The van der Waals surface area contributed by atoms with Crippen LogP contribution in [0.2, 0.25) is 0 Å². The number of hydrogen-bond acceptors (Lipinski definition) is 0. The second kappa shape index (κ2) is 6.51. The highest BCUT2D eigenvalue weighted by Crippen LogP contribution is 2.40. The maximum Gasteiger partial charge on any atom is -0.0123 e. The number of halogens is 1. The van der Waals surface area contributed by atoms with Gasteiger partial charge < -0.3 is 0 Å². The van der Waals surface area contributed by atoms with E-state index in [4.69, 9.17) is 0 Å². The molecular weight excluding hydrogens is 367 g/mol. The van der Waals surface area contributed by atoms with Gasteiger partial charge in [0.15, 0.2) is 0 Å². The molecule has 0 bridgehead atoms. The van der Waals surface area contributed by atoms with Gasteiger partial charge in [0.1, 0.15) is 0 Å². The van der Waals surface area contributed by atoms with Gasteiger partial charge in [0.25, 0.3) is 0 Å². The van der Waals surface area contributed by atoms with E-state index in [0.29, 0.717) is 0 Å². The maximum atomic E-state index is 2.31. The zero-order chi connectivity index (χ0) is 15.0. The quantitative estimate of drug-likeness (QED) is 0.480. The summed E-state index contributed by atoms with van der Waals surface area (Å²) in [6.07, 6.45) is 0.